The van der Waals surface area contributed by atoms with Crippen LogP contribution in [0.15, 0.2) is 36.5 Å². The van der Waals surface area contributed by atoms with Crippen molar-refractivity contribution in [2.45, 2.75) is 19.4 Å². The lowest BCUT2D eigenvalue weighted by Crippen LogP contribution is -2.25. The summed E-state index contributed by atoms with van der Waals surface area (Å²) in [5.74, 6) is -0.354. The van der Waals surface area contributed by atoms with Gasteiger partial charge >= 0.3 is 0 Å². The molecule has 1 aromatic carbocycles. The fourth-order valence-electron chi connectivity index (χ4n) is 2.39. The van der Waals surface area contributed by atoms with Crippen LogP contribution in [-0.4, -0.2) is 24.0 Å². The van der Waals surface area contributed by atoms with Gasteiger partial charge in [-0.15, -0.1) is 0 Å². The highest BCUT2D eigenvalue weighted by Gasteiger charge is 2.13. The monoisotopic (exact) mass is 295 g/mol. The third-order valence-corrected chi connectivity index (χ3v) is 3.55. The summed E-state index contributed by atoms with van der Waals surface area (Å²) in [5.41, 5.74) is 4.61. The van der Waals surface area contributed by atoms with Gasteiger partial charge in [0.05, 0.1) is 11.9 Å². The van der Waals surface area contributed by atoms with Crippen molar-refractivity contribution >= 4 is 11.6 Å². The van der Waals surface area contributed by atoms with Crippen LogP contribution in [-0.2, 0) is 11.4 Å². The molecule has 3 rings (SSSR count). The highest BCUT2D eigenvalue weighted by Crippen LogP contribution is 2.18. The number of hydroxylamine groups is 1. The summed E-state index contributed by atoms with van der Waals surface area (Å²) in [7, 11) is 0. The molecule has 0 bridgehead atoms. The second kappa shape index (κ2) is 6.92. The molecule has 0 spiro atoms. The first-order valence-corrected chi connectivity index (χ1v) is 7.33. The molecule has 1 N–H and O–H groups in total. The highest BCUT2D eigenvalue weighted by atomic mass is 16.6. The summed E-state index contributed by atoms with van der Waals surface area (Å²) in [6.07, 6.45) is 4.16. The largest absolute Gasteiger partial charge is 0.370 e. The predicted molar refractivity (Wildman–Crippen MR) is 82.1 cm³/mol. The smallest absolute Gasteiger partial charge is 0.293 e. The normalized spacial score (nSPS) is 13.7. The van der Waals surface area contributed by atoms with Gasteiger partial charge in [-0.1, -0.05) is 18.2 Å². The molecule has 0 saturated carbocycles. The van der Waals surface area contributed by atoms with E-state index in [4.69, 9.17) is 4.84 Å². The molecule has 0 aliphatic carbocycles. The van der Waals surface area contributed by atoms with Crippen molar-refractivity contribution in [1.82, 2.24) is 10.5 Å². The maximum absolute atomic E-state index is 11.9. The van der Waals surface area contributed by atoms with E-state index in [9.17, 15) is 4.79 Å². The van der Waals surface area contributed by atoms with Crippen molar-refractivity contribution < 1.29 is 9.63 Å². The van der Waals surface area contributed by atoms with Crippen LogP contribution < -0.4 is 10.4 Å². The van der Waals surface area contributed by atoms with Crippen molar-refractivity contribution in [2.75, 3.05) is 18.0 Å². The number of hydrogen-bond donors (Lipinski definition) is 1. The molecule has 5 heteroatoms. The fraction of sp³-hybridized carbons (Fsp3) is 0.294. The third-order valence-electron chi connectivity index (χ3n) is 3.55. The van der Waals surface area contributed by atoms with Crippen molar-refractivity contribution in [3.8, 4) is 0 Å². The average molecular weight is 295 g/mol. The zero-order valence-corrected chi connectivity index (χ0v) is 12.2. The first kappa shape index (κ1) is 14.4. The molecule has 1 aromatic heterocycles. The summed E-state index contributed by atoms with van der Waals surface area (Å²) in [6.45, 7) is 2.36. The van der Waals surface area contributed by atoms with Crippen molar-refractivity contribution in [2.24, 2.45) is 0 Å². The molecule has 2 aromatic rings. The van der Waals surface area contributed by atoms with Gasteiger partial charge in [-0.2, -0.15) is 0 Å². The van der Waals surface area contributed by atoms with Gasteiger partial charge in [-0.05, 0) is 37.1 Å². The second-order valence-electron chi connectivity index (χ2n) is 5.14. The van der Waals surface area contributed by atoms with E-state index in [2.05, 4.69) is 27.5 Å². The lowest BCUT2D eigenvalue weighted by atomic mass is 10.3. The van der Waals surface area contributed by atoms with Crippen molar-refractivity contribution in [3.63, 3.8) is 0 Å². The van der Waals surface area contributed by atoms with E-state index in [0.29, 0.717) is 5.69 Å². The number of pyridine rings is 1. The lowest BCUT2D eigenvalue weighted by molar-refractivity contribution is 0.0229. The van der Waals surface area contributed by atoms with E-state index < -0.39 is 0 Å². The molecule has 22 heavy (non-hydrogen) atoms. The van der Waals surface area contributed by atoms with Gasteiger partial charge in [-0.25, -0.2) is 10.5 Å². The van der Waals surface area contributed by atoms with Crippen molar-refractivity contribution in [3.05, 3.63) is 59.9 Å². The molecule has 0 atom stereocenters. The molecule has 5 nitrogen and oxygen atoms in total. The highest BCUT2D eigenvalue weighted by molar-refractivity contribution is 5.91. The van der Waals surface area contributed by atoms with E-state index in [1.807, 2.05) is 18.2 Å². The van der Waals surface area contributed by atoms with Crippen LogP contribution in [0.1, 0.15) is 28.9 Å². The van der Waals surface area contributed by atoms with Gasteiger partial charge in [0.2, 0.25) is 0 Å². The minimum atomic E-state index is -0.354. The predicted octanol–water partition coefficient (Wildman–Crippen LogP) is 2.14. The Morgan fingerprint density at radius 3 is 2.86 bits per heavy atom. The number of hydrogen-bond acceptors (Lipinski definition) is 4. The number of carbonyl (C=O) groups is 1. The Balaban J connectivity index is 1.51. The molecule has 0 unspecified atom stereocenters. The number of rotatable bonds is 5. The number of nitrogens with zero attached hydrogens (tertiary/aromatic N) is 2. The molecular weight excluding hydrogens is 278 g/mol. The number of anilines is 1. The number of aromatic nitrogens is 1. The second-order valence-corrected chi connectivity index (χ2v) is 5.14. The zero-order chi connectivity index (χ0) is 15.2. The summed E-state index contributed by atoms with van der Waals surface area (Å²) in [5, 5.41) is 0. The number of nitrogens with one attached hydrogen (secondary N) is 1. The first-order chi connectivity index (χ1) is 10.8. The molecule has 0 radical (unpaired) electrons. The molecule has 1 fully saturated rings. The number of carbonyl (C=O) groups excluding carboxylic acids is 1. The molecule has 1 aliphatic heterocycles. The van der Waals surface area contributed by atoms with E-state index in [0.717, 1.165) is 24.3 Å². The maximum atomic E-state index is 11.9. The van der Waals surface area contributed by atoms with Crippen LogP contribution in [0.2, 0.25) is 0 Å². The summed E-state index contributed by atoms with van der Waals surface area (Å²) in [6, 6.07) is 14.8. The molecule has 2 heterocycles. The van der Waals surface area contributed by atoms with Crippen molar-refractivity contribution in [1.29, 1.82) is 0 Å². The zero-order valence-electron chi connectivity index (χ0n) is 12.2. The SMILES string of the molecule is O=C(NOCc1c#cccc1)c1ccc(N2CCCC2)cn1. The van der Waals surface area contributed by atoms with E-state index in [-0.39, 0.29) is 12.5 Å². The van der Waals surface area contributed by atoms with E-state index in [1.54, 1.807) is 18.3 Å². The Labute approximate surface area is 129 Å². The average Bonchev–Trinajstić information content (AvgIpc) is 3.10. The van der Waals surface area contributed by atoms with Gasteiger partial charge in [0, 0.05) is 18.7 Å². The number of amides is 1. The topological polar surface area (TPSA) is 54.5 Å². The summed E-state index contributed by atoms with van der Waals surface area (Å²) in [4.78, 5) is 23.6. The third kappa shape index (κ3) is 3.54. The molecule has 1 aliphatic rings. The summed E-state index contributed by atoms with van der Waals surface area (Å²) < 4.78 is 0. The van der Waals surface area contributed by atoms with Gasteiger partial charge in [0.1, 0.15) is 12.3 Å². The fourth-order valence-corrected chi connectivity index (χ4v) is 2.39. The minimum absolute atomic E-state index is 0.245. The first-order valence-electron chi connectivity index (χ1n) is 7.33. The van der Waals surface area contributed by atoms with Gasteiger partial charge < -0.3 is 4.90 Å². The van der Waals surface area contributed by atoms with E-state index in [1.165, 1.54) is 12.8 Å². The summed E-state index contributed by atoms with van der Waals surface area (Å²) >= 11 is 0. The Bertz CT molecular complexity index is 608. The lowest BCUT2D eigenvalue weighted by Gasteiger charge is -2.16. The Kier molecular flexibility index (Phi) is 4.52. The molecule has 1 amide bonds. The Morgan fingerprint density at radius 2 is 2.18 bits per heavy atom. The maximum Gasteiger partial charge on any atom is 0.293 e. The molecule has 1 saturated heterocycles. The molecule has 112 valence electrons. The van der Waals surface area contributed by atoms with Crippen LogP contribution in [0, 0.1) is 12.1 Å². The van der Waals surface area contributed by atoms with Crippen LogP contribution in [0.25, 0.3) is 0 Å². The Morgan fingerprint density at radius 1 is 1.32 bits per heavy atom. The van der Waals surface area contributed by atoms with Crippen LogP contribution >= 0.6 is 0 Å². The minimum Gasteiger partial charge on any atom is -0.370 e. The quantitative estimate of drug-likeness (QED) is 0.859. The van der Waals surface area contributed by atoms with Crippen LogP contribution in [0.5, 0.6) is 0 Å². The van der Waals surface area contributed by atoms with Crippen LogP contribution in [0.3, 0.4) is 0 Å². The molecular formula is C17H17N3O2. The van der Waals surface area contributed by atoms with Gasteiger partial charge in [0.15, 0.2) is 0 Å². The van der Waals surface area contributed by atoms with Crippen LogP contribution in [0.4, 0.5) is 5.69 Å². The van der Waals surface area contributed by atoms with Gasteiger partial charge in [-0.3, -0.25) is 9.63 Å². The standard InChI is InChI=1S/C17H17N3O2/c21-17(19-22-13-14-6-2-1-3-7-14)16-9-8-15(12-18-16)20-10-4-5-11-20/h1-2,6,8-9,12H,4-5,10-11,13H2,(H,19,21). The Hall–Kier alpha value is -2.58. The van der Waals surface area contributed by atoms with E-state index >= 15 is 0 Å². The van der Waals surface area contributed by atoms with Gasteiger partial charge in [0.25, 0.3) is 5.91 Å².